The zero-order valence-electron chi connectivity index (χ0n) is 16.2. The normalized spacial score (nSPS) is 10.8. The Hall–Kier alpha value is -2.22. The van der Waals surface area contributed by atoms with Gasteiger partial charge in [0.25, 0.3) is 0 Å². The molecule has 6 nitrogen and oxygen atoms in total. The van der Waals surface area contributed by atoms with Crippen molar-refractivity contribution in [2.75, 3.05) is 12.5 Å². The molecule has 1 heterocycles. The molecule has 0 saturated carbocycles. The second kappa shape index (κ2) is 10.0. The van der Waals surface area contributed by atoms with E-state index < -0.39 is 0 Å². The van der Waals surface area contributed by atoms with Gasteiger partial charge >= 0.3 is 0 Å². The lowest BCUT2D eigenvalue weighted by atomic mass is 10.2. The van der Waals surface area contributed by atoms with Gasteiger partial charge in [0, 0.05) is 11.4 Å². The van der Waals surface area contributed by atoms with Crippen molar-refractivity contribution < 1.29 is 9.47 Å². The van der Waals surface area contributed by atoms with E-state index in [4.69, 9.17) is 44.9 Å². The monoisotopic (exact) mass is 452 g/mol. The Balaban J connectivity index is 1.73. The maximum atomic E-state index is 6.48. The van der Waals surface area contributed by atoms with Crippen molar-refractivity contribution >= 4 is 35.4 Å². The summed E-state index contributed by atoms with van der Waals surface area (Å²) in [6.07, 6.45) is 1.79. The number of H-pyrrole nitrogens is 1. The second-order valence-electron chi connectivity index (χ2n) is 6.39. The molecule has 3 rings (SSSR count). The predicted octanol–water partition coefficient (Wildman–Crippen LogP) is 5.53. The second-order valence-corrected chi connectivity index (χ2v) is 7.62. The van der Waals surface area contributed by atoms with E-state index in [1.165, 1.54) is 0 Å². The first kappa shape index (κ1) is 21.5. The minimum absolute atomic E-state index is 0.357. The third-order valence-corrected chi connectivity index (χ3v) is 5.05. The molecule has 0 aliphatic carbocycles. The van der Waals surface area contributed by atoms with Crippen LogP contribution in [0.3, 0.4) is 0 Å². The van der Waals surface area contributed by atoms with Crippen LogP contribution in [0.25, 0.3) is 0 Å². The van der Waals surface area contributed by atoms with Crippen LogP contribution < -0.4 is 14.9 Å². The van der Waals surface area contributed by atoms with Crippen molar-refractivity contribution in [2.24, 2.45) is 0 Å². The third-order valence-electron chi connectivity index (χ3n) is 4.24. The van der Waals surface area contributed by atoms with E-state index in [0.29, 0.717) is 39.5 Å². The van der Waals surface area contributed by atoms with Crippen molar-refractivity contribution in [3.63, 3.8) is 0 Å². The minimum atomic E-state index is 0.357. The van der Waals surface area contributed by atoms with Gasteiger partial charge in [-0.15, -0.1) is 0 Å². The van der Waals surface area contributed by atoms with Crippen LogP contribution in [-0.4, -0.2) is 22.0 Å². The lowest BCUT2D eigenvalue weighted by Gasteiger charge is -2.15. The van der Waals surface area contributed by atoms with Gasteiger partial charge in [-0.1, -0.05) is 42.3 Å². The molecular formula is C20H22Cl2N4O2S. The number of halogens is 2. The predicted molar refractivity (Wildman–Crippen MR) is 118 cm³/mol. The Bertz CT molecular complexity index is 1020. The molecule has 0 aliphatic rings. The first-order chi connectivity index (χ1) is 14.0. The summed E-state index contributed by atoms with van der Waals surface area (Å²) in [7, 11) is 1.59. The van der Waals surface area contributed by atoms with Gasteiger partial charge in [0.15, 0.2) is 17.3 Å². The van der Waals surface area contributed by atoms with Crippen LogP contribution in [0.15, 0.2) is 36.4 Å². The van der Waals surface area contributed by atoms with Gasteiger partial charge in [-0.3, -0.25) is 5.10 Å². The van der Waals surface area contributed by atoms with Crippen LogP contribution in [0.2, 0.25) is 10.0 Å². The number of hydrogen-bond acceptors (Lipinski definition) is 5. The molecule has 29 heavy (non-hydrogen) atoms. The Labute approximate surface area is 184 Å². The molecule has 0 unspecified atom stereocenters. The SMILES string of the molecule is CCCc1n[nH]c(=S)n1NCc1cc(Cl)c(OCc2ccc(Cl)cc2)c(OC)c1. The molecule has 154 valence electrons. The average molecular weight is 453 g/mol. The van der Waals surface area contributed by atoms with Crippen LogP contribution in [0.5, 0.6) is 11.5 Å². The summed E-state index contributed by atoms with van der Waals surface area (Å²) in [6.45, 7) is 2.95. The van der Waals surface area contributed by atoms with Gasteiger partial charge in [-0.25, -0.2) is 4.68 Å². The van der Waals surface area contributed by atoms with Crippen LogP contribution in [0, 0.1) is 4.77 Å². The summed E-state index contributed by atoms with van der Waals surface area (Å²) in [5.74, 6) is 1.92. The summed E-state index contributed by atoms with van der Waals surface area (Å²) >= 11 is 17.7. The van der Waals surface area contributed by atoms with Gasteiger partial charge < -0.3 is 14.9 Å². The minimum Gasteiger partial charge on any atom is -0.493 e. The summed E-state index contributed by atoms with van der Waals surface area (Å²) < 4.78 is 13.7. The molecular weight excluding hydrogens is 431 g/mol. The van der Waals surface area contributed by atoms with Crippen molar-refractivity contribution in [3.8, 4) is 11.5 Å². The van der Waals surface area contributed by atoms with Gasteiger partial charge in [-0.2, -0.15) is 5.10 Å². The van der Waals surface area contributed by atoms with E-state index in [0.717, 1.165) is 29.8 Å². The number of hydrogen-bond donors (Lipinski definition) is 2. The molecule has 9 heteroatoms. The number of nitrogens with one attached hydrogen (secondary N) is 2. The Kier molecular flexibility index (Phi) is 7.41. The fourth-order valence-electron chi connectivity index (χ4n) is 2.81. The molecule has 0 amide bonds. The van der Waals surface area contributed by atoms with Crippen molar-refractivity contribution in [3.05, 3.63) is 68.2 Å². The maximum absolute atomic E-state index is 6.48. The molecule has 1 aromatic heterocycles. The fraction of sp³-hybridized carbons (Fsp3) is 0.300. The molecule has 2 N–H and O–H groups in total. The maximum Gasteiger partial charge on any atom is 0.214 e. The van der Waals surface area contributed by atoms with Crippen LogP contribution in [0.1, 0.15) is 30.3 Å². The number of aromatic amines is 1. The van der Waals surface area contributed by atoms with E-state index >= 15 is 0 Å². The topological polar surface area (TPSA) is 64.1 Å². The first-order valence-corrected chi connectivity index (χ1v) is 10.3. The van der Waals surface area contributed by atoms with Crippen molar-refractivity contribution in [2.45, 2.75) is 32.9 Å². The number of benzene rings is 2. The molecule has 0 fully saturated rings. The number of ether oxygens (including phenoxy) is 2. The van der Waals surface area contributed by atoms with Gasteiger partial charge in [0.2, 0.25) is 4.77 Å². The third kappa shape index (κ3) is 5.44. The molecule has 0 aliphatic heterocycles. The highest BCUT2D eigenvalue weighted by molar-refractivity contribution is 7.71. The van der Waals surface area contributed by atoms with Crippen molar-refractivity contribution in [1.29, 1.82) is 0 Å². The number of methoxy groups -OCH3 is 1. The molecule has 3 aromatic rings. The van der Waals surface area contributed by atoms with E-state index in [1.807, 2.05) is 36.4 Å². The van der Waals surface area contributed by atoms with Gasteiger partial charge in [0.1, 0.15) is 6.61 Å². The Morgan fingerprint density at radius 2 is 1.93 bits per heavy atom. The smallest absolute Gasteiger partial charge is 0.214 e. The molecule has 0 radical (unpaired) electrons. The van der Waals surface area contributed by atoms with E-state index in [1.54, 1.807) is 11.8 Å². The zero-order chi connectivity index (χ0) is 20.8. The molecule has 0 spiro atoms. The quantitative estimate of drug-likeness (QED) is 0.417. The number of aryl methyl sites for hydroxylation is 1. The van der Waals surface area contributed by atoms with Crippen LogP contribution in [-0.2, 0) is 19.6 Å². The largest absolute Gasteiger partial charge is 0.493 e. The standard InChI is InChI=1S/C20H22Cl2N4O2S/c1-3-4-18-24-25-20(29)26(18)23-11-14-9-16(22)19(17(10-14)27-2)28-12-13-5-7-15(21)8-6-13/h5-10,23H,3-4,11-12H2,1-2H3,(H,25,29). The Morgan fingerprint density at radius 3 is 2.62 bits per heavy atom. The van der Waals surface area contributed by atoms with E-state index in [-0.39, 0.29) is 0 Å². The summed E-state index contributed by atoms with van der Waals surface area (Å²) in [6, 6.07) is 11.2. The van der Waals surface area contributed by atoms with Gasteiger partial charge in [0.05, 0.1) is 18.7 Å². The molecule has 0 atom stereocenters. The highest BCUT2D eigenvalue weighted by atomic mass is 35.5. The van der Waals surface area contributed by atoms with Crippen molar-refractivity contribution in [1.82, 2.24) is 14.9 Å². The lowest BCUT2D eigenvalue weighted by molar-refractivity contribution is 0.284. The zero-order valence-corrected chi connectivity index (χ0v) is 18.5. The lowest BCUT2D eigenvalue weighted by Crippen LogP contribution is -2.17. The van der Waals surface area contributed by atoms with E-state index in [9.17, 15) is 0 Å². The number of nitrogens with zero attached hydrogens (tertiary/aromatic N) is 2. The average Bonchev–Trinajstić information content (AvgIpc) is 3.06. The van der Waals surface area contributed by atoms with Gasteiger partial charge in [-0.05, 0) is 54.0 Å². The summed E-state index contributed by atoms with van der Waals surface area (Å²) in [5.41, 5.74) is 5.18. The molecule has 2 aromatic carbocycles. The first-order valence-electron chi connectivity index (χ1n) is 9.15. The van der Waals surface area contributed by atoms with E-state index in [2.05, 4.69) is 22.5 Å². The highest BCUT2D eigenvalue weighted by Crippen LogP contribution is 2.37. The Morgan fingerprint density at radius 1 is 1.17 bits per heavy atom. The number of aromatic nitrogens is 3. The highest BCUT2D eigenvalue weighted by Gasteiger charge is 2.13. The summed E-state index contributed by atoms with van der Waals surface area (Å²) in [5, 5.41) is 8.21. The fourth-order valence-corrected chi connectivity index (χ4v) is 3.44. The molecule has 0 saturated heterocycles. The van der Waals surface area contributed by atoms with Crippen LogP contribution >= 0.6 is 35.4 Å². The summed E-state index contributed by atoms with van der Waals surface area (Å²) in [4.78, 5) is 0. The number of rotatable bonds is 9. The molecule has 0 bridgehead atoms. The van der Waals surface area contributed by atoms with Crippen LogP contribution in [0.4, 0.5) is 0 Å².